The normalized spacial score (nSPS) is 16.4. The second-order valence-corrected chi connectivity index (χ2v) is 6.61. The van der Waals surface area contributed by atoms with Crippen LogP contribution in [0.5, 0.6) is 0 Å². The van der Waals surface area contributed by atoms with Crippen LogP contribution < -0.4 is 0 Å². The van der Waals surface area contributed by atoms with E-state index in [0.717, 1.165) is 28.7 Å². The molecule has 5 heteroatoms. The van der Waals surface area contributed by atoms with E-state index < -0.39 is 0 Å². The fraction of sp³-hybridized carbons (Fsp3) is 0.286. The molecule has 0 N–H and O–H groups in total. The highest BCUT2D eigenvalue weighted by atomic mass is 79.9. The van der Waals surface area contributed by atoms with Crippen LogP contribution in [-0.2, 0) is 5.41 Å². The van der Waals surface area contributed by atoms with Crippen LogP contribution in [0.3, 0.4) is 0 Å². The minimum atomic E-state index is 0.0553. The van der Waals surface area contributed by atoms with Gasteiger partial charge >= 0.3 is 0 Å². The summed E-state index contributed by atoms with van der Waals surface area (Å²) in [7, 11) is 0. The molecule has 3 rings (SSSR count). The van der Waals surface area contributed by atoms with Gasteiger partial charge in [0, 0.05) is 15.5 Å². The van der Waals surface area contributed by atoms with Crippen molar-refractivity contribution in [1.82, 2.24) is 9.97 Å². The summed E-state index contributed by atoms with van der Waals surface area (Å²) in [6.45, 7) is 2.13. The lowest BCUT2D eigenvalue weighted by molar-refractivity contribution is 0.709. The Labute approximate surface area is 130 Å². The molecule has 1 aromatic carbocycles. The van der Waals surface area contributed by atoms with Crippen molar-refractivity contribution in [3.8, 4) is 11.1 Å². The molecule has 2 aromatic rings. The zero-order chi connectivity index (χ0) is 13.6. The standard InChI is InChI=1S/C14H11BrCl2N2/c1-14(6-7-14)13-18-11(16)10(12(17)19-13)8-4-2-3-5-9(8)15/h2-5H,6-7H2,1H3. The number of halogens is 3. The van der Waals surface area contributed by atoms with Crippen molar-refractivity contribution in [2.75, 3.05) is 0 Å². The first-order chi connectivity index (χ1) is 9.01. The van der Waals surface area contributed by atoms with Crippen molar-refractivity contribution >= 4 is 39.1 Å². The number of hydrogen-bond acceptors (Lipinski definition) is 2. The van der Waals surface area contributed by atoms with E-state index in [1.807, 2.05) is 24.3 Å². The molecule has 0 aliphatic heterocycles. The van der Waals surface area contributed by atoms with Gasteiger partial charge in [0.25, 0.3) is 0 Å². The highest BCUT2D eigenvalue weighted by molar-refractivity contribution is 9.10. The Morgan fingerprint density at radius 3 is 2.21 bits per heavy atom. The van der Waals surface area contributed by atoms with Crippen molar-refractivity contribution in [1.29, 1.82) is 0 Å². The van der Waals surface area contributed by atoms with Crippen molar-refractivity contribution in [2.24, 2.45) is 0 Å². The number of nitrogens with zero attached hydrogens (tertiary/aromatic N) is 2. The molecule has 2 nitrogen and oxygen atoms in total. The Balaban J connectivity index is 2.16. The molecular weight excluding hydrogens is 347 g/mol. The van der Waals surface area contributed by atoms with Gasteiger partial charge in [-0.1, -0.05) is 64.3 Å². The lowest BCUT2D eigenvalue weighted by Gasteiger charge is -2.12. The third kappa shape index (κ3) is 2.39. The third-order valence-electron chi connectivity index (χ3n) is 3.50. The Morgan fingerprint density at radius 1 is 1.11 bits per heavy atom. The molecule has 1 fully saturated rings. The van der Waals surface area contributed by atoms with Crippen LogP contribution >= 0.6 is 39.1 Å². The van der Waals surface area contributed by atoms with Gasteiger partial charge in [-0.15, -0.1) is 0 Å². The fourth-order valence-electron chi connectivity index (χ4n) is 1.98. The van der Waals surface area contributed by atoms with E-state index in [9.17, 15) is 0 Å². The topological polar surface area (TPSA) is 25.8 Å². The zero-order valence-corrected chi connectivity index (χ0v) is 13.3. The van der Waals surface area contributed by atoms with E-state index in [0.29, 0.717) is 15.9 Å². The van der Waals surface area contributed by atoms with Gasteiger partial charge in [-0.25, -0.2) is 9.97 Å². The first-order valence-corrected chi connectivity index (χ1v) is 7.54. The van der Waals surface area contributed by atoms with E-state index in [1.54, 1.807) is 0 Å². The van der Waals surface area contributed by atoms with E-state index in [2.05, 4.69) is 32.8 Å². The maximum absolute atomic E-state index is 6.32. The molecule has 0 unspecified atom stereocenters. The summed E-state index contributed by atoms with van der Waals surface area (Å²) >= 11 is 16.1. The summed E-state index contributed by atoms with van der Waals surface area (Å²) in [4.78, 5) is 8.87. The quantitative estimate of drug-likeness (QED) is 0.684. The Hall–Kier alpha value is -0.640. The molecule has 0 saturated heterocycles. The number of aromatic nitrogens is 2. The molecule has 0 atom stereocenters. The molecule has 0 bridgehead atoms. The van der Waals surface area contributed by atoms with Crippen LogP contribution in [0.2, 0.25) is 10.3 Å². The molecule has 1 saturated carbocycles. The highest BCUT2D eigenvalue weighted by Crippen LogP contribution is 2.47. The van der Waals surface area contributed by atoms with Gasteiger partial charge in [-0.05, 0) is 18.9 Å². The van der Waals surface area contributed by atoms with Gasteiger partial charge < -0.3 is 0 Å². The SMILES string of the molecule is CC1(c2nc(Cl)c(-c3ccccc3Br)c(Cl)n2)CC1. The summed E-state index contributed by atoms with van der Waals surface area (Å²) in [5.74, 6) is 0.748. The molecule has 1 aromatic heterocycles. The molecule has 19 heavy (non-hydrogen) atoms. The van der Waals surface area contributed by atoms with E-state index in [-0.39, 0.29) is 5.41 Å². The van der Waals surface area contributed by atoms with Crippen molar-refractivity contribution in [3.05, 3.63) is 44.9 Å². The van der Waals surface area contributed by atoms with Gasteiger partial charge in [0.15, 0.2) is 0 Å². The molecular formula is C14H11BrCl2N2. The number of benzene rings is 1. The average molecular weight is 358 g/mol. The van der Waals surface area contributed by atoms with Gasteiger partial charge in [0.1, 0.15) is 16.1 Å². The first-order valence-electron chi connectivity index (χ1n) is 6.00. The van der Waals surface area contributed by atoms with Gasteiger partial charge in [-0.2, -0.15) is 0 Å². The second-order valence-electron chi connectivity index (χ2n) is 5.04. The van der Waals surface area contributed by atoms with Crippen LogP contribution in [0.4, 0.5) is 0 Å². The molecule has 0 amide bonds. The Morgan fingerprint density at radius 2 is 1.68 bits per heavy atom. The Bertz CT molecular complexity index is 631. The molecule has 0 radical (unpaired) electrons. The third-order valence-corrected chi connectivity index (χ3v) is 4.74. The monoisotopic (exact) mass is 356 g/mol. The number of hydrogen-bond donors (Lipinski definition) is 0. The predicted molar refractivity (Wildman–Crippen MR) is 81.8 cm³/mol. The maximum Gasteiger partial charge on any atom is 0.142 e. The van der Waals surface area contributed by atoms with Gasteiger partial charge in [-0.3, -0.25) is 0 Å². The summed E-state index contributed by atoms with van der Waals surface area (Å²) < 4.78 is 0.924. The minimum absolute atomic E-state index is 0.0553. The average Bonchev–Trinajstić information content (AvgIpc) is 3.10. The lowest BCUT2D eigenvalue weighted by atomic mass is 10.1. The largest absolute Gasteiger partial charge is 0.220 e. The molecule has 98 valence electrons. The summed E-state index contributed by atoms with van der Waals surface area (Å²) in [5.41, 5.74) is 1.65. The second kappa shape index (κ2) is 4.72. The van der Waals surface area contributed by atoms with Crippen molar-refractivity contribution < 1.29 is 0 Å². The van der Waals surface area contributed by atoms with Gasteiger partial charge in [0.2, 0.25) is 0 Å². The minimum Gasteiger partial charge on any atom is -0.220 e. The number of rotatable bonds is 2. The Kier molecular flexibility index (Phi) is 3.32. The lowest BCUT2D eigenvalue weighted by Crippen LogP contribution is -2.08. The van der Waals surface area contributed by atoms with E-state index in [1.165, 1.54) is 0 Å². The first kappa shape index (κ1) is 13.3. The molecule has 1 heterocycles. The zero-order valence-electron chi connectivity index (χ0n) is 10.3. The van der Waals surface area contributed by atoms with Crippen LogP contribution in [-0.4, -0.2) is 9.97 Å². The maximum atomic E-state index is 6.32. The predicted octanol–water partition coefficient (Wildman–Crippen LogP) is 5.26. The van der Waals surface area contributed by atoms with Crippen LogP contribution in [0.15, 0.2) is 28.7 Å². The van der Waals surface area contributed by atoms with Crippen molar-refractivity contribution in [2.45, 2.75) is 25.2 Å². The van der Waals surface area contributed by atoms with Crippen molar-refractivity contribution in [3.63, 3.8) is 0 Å². The summed E-state index contributed by atoms with van der Waals surface area (Å²) in [5, 5.41) is 0.824. The summed E-state index contributed by atoms with van der Waals surface area (Å²) in [6, 6.07) is 7.76. The van der Waals surface area contributed by atoms with Crippen LogP contribution in [0.1, 0.15) is 25.6 Å². The molecule has 1 aliphatic rings. The van der Waals surface area contributed by atoms with Crippen LogP contribution in [0, 0.1) is 0 Å². The van der Waals surface area contributed by atoms with E-state index in [4.69, 9.17) is 23.2 Å². The molecule has 0 spiro atoms. The molecule has 1 aliphatic carbocycles. The summed E-state index contributed by atoms with van der Waals surface area (Å²) in [6.07, 6.45) is 2.18. The smallest absolute Gasteiger partial charge is 0.142 e. The van der Waals surface area contributed by atoms with Crippen LogP contribution in [0.25, 0.3) is 11.1 Å². The fourth-order valence-corrected chi connectivity index (χ4v) is 3.05. The van der Waals surface area contributed by atoms with Gasteiger partial charge in [0.05, 0.1) is 5.56 Å². The highest BCUT2D eigenvalue weighted by Gasteiger charge is 2.42. The van der Waals surface area contributed by atoms with E-state index >= 15 is 0 Å².